The minimum atomic E-state index is 0.116. The number of rotatable bonds is 5. The van der Waals surface area contributed by atoms with Crippen molar-refractivity contribution in [3.8, 4) is 5.75 Å². The molecule has 0 saturated heterocycles. The molecular formula is C15H15ClN2O2. The first-order valence-electron chi connectivity index (χ1n) is 6.34. The summed E-state index contributed by atoms with van der Waals surface area (Å²) in [6, 6.07) is 8.73. The van der Waals surface area contributed by atoms with E-state index in [1.165, 1.54) is 0 Å². The summed E-state index contributed by atoms with van der Waals surface area (Å²) in [5, 5.41) is 0.403. The summed E-state index contributed by atoms with van der Waals surface area (Å²) in [6.07, 6.45) is 0.496. The standard InChI is InChI=1S/C15H15ClN2O2/c1-3-13(19)11-4-6-12(7-5-11)20-9-15-17-10(2)8-14(16)18-15/h4-8H,3,9H2,1-2H3. The van der Waals surface area contributed by atoms with E-state index in [1.807, 2.05) is 13.8 Å². The molecule has 1 aromatic heterocycles. The lowest BCUT2D eigenvalue weighted by Crippen LogP contribution is -2.03. The SMILES string of the molecule is CCC(=O)c1ccc(OCc2nc(C)cc(Cl)n2)cc1. The van der Waals surface area contributed by atoms with Crippen LogP contribution in [0.3, 0.4) is 0 Å². The molecule has 0 aliphatic heterocycles. The Hall–Kier alpha value is -1.94. The van der Waals surface area contributed by atoms with Gasteiger partial charge in [0, 0.05) is 17.7 Å². The van der Waals surface area contributed by atoms with Crippen LogP contribution in [-0.2, 0) is 6.61 Å². The zero-order valence-corrected chi connectivity index (χ0v) is 12.1. The monoisotopic (exact) mass is 290 g/mol. The highest BCUT2D eigenvalue weighted by molar-refractivity contribution is 6.29. The summed E-state index contributed by atoms with van der Waals surface area (Å²) in [5.41, 5.74) is 1.49. The molecule has 0 radical (unpaired) electrons. The van der Waals surface area contributed by atoms with Crippen molar-refractivity contribution >= 4 is 17.4 Å². The predicted molar refractivity (Wildman–Crippen MR) is 77.2 cm³/mol. The van der Waals surface area contributed by atoms with Crippen LogP contribution >= 0.6 is 11.6 Å². The number of aromatic nitrogens is 2. The molecule has 1 aromatic carbocycles. The Balaban J connectivity index is 2.02. The molecule has 0 aliphatic carbocycles. The van der Waals surface area contributed by atoms with Gasteiger partial charge in [-0.15, -0.1) is 0 Å². The van der Waals surface area contributed by atoms with Gasteiger partial charge in [-0.3, -0.25) is 4.79 Å². The van der Waals surface area contributed by atoms with Crippen molar-refractivity contribution in [2.24, 2.45) is 0 Å². The highest BCUT2D eigenvalue weighted by Gasteiger charge is 2.04. The molecule has 0 N–H and O–H groups in total. The largest absolute Gasteiger partial charge is 0.486 e. The van der Waals surface area contributed by atoms with E-state index < -0.39 is 0 Å². The van der Waals surface area contributed by atoms with Crippen molar-refractivity contribution in [1.29, 1.82) is 0 Å². The van der Waals surface area contributed by atoms with Crippen LogP contribution in [0.15, 0.2) is 30.3 Å². The Kier molecular flexibility index (Phi) is 4.69. The number of ether oxygens (including phenoxy) is 1. The molecule has 104 valence electrons. The maximum absolute atomic E-state index is 11.5. The Morgan fingerprint density at radius 3 is 2.55 bits per heavy atom. The van der Waals surface area contributed by atoms with Crippen LogP contribution in [0.1, 0.15) is 35.2 Å². The topological polar surface area (TPSA) is 52.1 Å². The van der Waals surface area contributed by atoms with Crippen molar-refractivity contribution in [2.75, 3.05) is 0 Å². The van der Waals surface area contributed by atoms with Crippen molar-refractivity contribution < 1.29 is 9.53 Å². The fraction of sp³-hybridized carbons (Fsp3) is 0.267. The van der Waals surface area contributed by atoms with Crippen LogP contribution in [0.25, 0.3) is 0 Å². The fourth-order valence-corrected chi connectivity index (χ4v) is 2.00. The number of carbonyl (C=O) groups is 1. The number of Topliss-reactive ketones (excluding diaryl/α,β-unsaturated/α-hetero) is 1. The third kappa shape index (κ3) is 3.78. The van der Waals surface area contributed by atoms with Gasteiger partial charge in [-0.25, -0.2) is 9.97 Å². The number of carbonyl (C=O) groups excluding carboxylic acids is 1. The smallest absolute Gasteiger partial charge is 0.167 e. The third-order valence-electron chi connectivity index (χ3n) is 2.73. The number of ketones is 1. The molecule has 1 heterocycles. The Morgan fingerprint density at radius 1 is 1.25 bits per heavy atom. The quantitative estimate of drug-likeness (QED) is 0.623. The van der Waals surface area contributed by atoms with Gasteiger partial charge in [0.1, 0.15) is 17.5 Å². The Labute approximate surface area is 122 Å². The zero-order valence-electron chi connectivity index (χ0n) is 11.4. The van der Waals surface area contributed by atoms with Crippen molar-refractivity contribution in [3.63, 3.8) is 0 Å². The molecule has 0 bridgehead atoms. The number of halogens is 1. The van der Waals surface area contributed by atoms with E-state index in [2.05, 4.69) is 9.97 Å². The summed E-state index contributed by atoms with van der Waals surface area (Å²) in [7, 11) is 0. The molecule has 0 fully saturated rings. The van der Waals surface area contributed by atoms with Gasteiger partial charge < -0.3 is 4.74 Å². The second-order valence-electron chi connectivity index (χ2n) is 4.34. The molecule has 0 atom stereocenters. The van der Waals surface area contributed by atoms with E-state index in [-0.39, 0.29) is 12.4 Å². The number of benzene rings is 1. The summed E-state index contributed by atoms with van der Waals surface area (Å²) < 4.78 is 5.58. The van der Waals surface area contributed by atoms with E-state index in [1.54, 1.807) is 30.3 Å². The predicted octanol–water partition coefficient (Wildman–Crippen LogP) is 3.61. The van der Waals surface area contributed by atoms with Crippen molar-refractivity contribution in [2.45, 2.75) is 26.9 Å². The maximum atomic E-state index is 11.5. The minimum Gasteiger partial charge on any atom is -0.486 e. The second kappa shape index (κ2) is 6.48. The molecule has 0 saturated carbocycles. The molecule has 2 aromatic rings. The number of hydrogen-bond acceptors (Lipinski definition) is 4. The minimum absolute atomic E-state index is 0.116. The first-order valence-corrected chi connectivity index (χ1v) is 6.72. The van der Waals surface area contributed by atoms with Gasteiger partial charge in [0.25, 0.3) is 0 Å². The maximum Gasteiger partial charge on any atom is 0.167 e. The van der Waals surface area contributed by atoms with Gasteiger partial charge in [0.05, 0.1) is 0 Å². The molecule has 20 heavy (non-hydrogen) atoms. The van der Waals surface area contributed by atoms with Crippen LogP contribution in [0.2, 0.25) is 5.15 Å². The van der Waals surface area contributed by atoms with Gasteiger partial charge in [-0.05, 0) is 37.3 Å². The van der Waals surface area contributed by atoms with Gasteiger partial charge in [0.15, 0.2) is 11.6 Å². The normalized spacial score (nSPS) is 10.3. The summed E-state index contributed by atoms with van der Waals surface area (Å²) in [5.74, 6) is 1.31. The van der Waals surface area contributed by atoms with Crippen molar-refractivity contribution in [1.82, 2.24) is 9.97 Å². The van der Waals surface area contributed by atoms with Crippen LogP contribution in [0, 0.1) is 6.92 Å². The average Bonchev–Trinajstić information content (AvgIpc) is 2.44. The van der Waals surface area contributed by atoms with E-state index in [4.69, 9.17) is 16.3 Å². The third-order valence-corrected chi connectivity index (χ3v) is 2.93. The van der Waals surface area contributed by atoms with Gasteiger partial charge in [-0.2, -0.15) is 0 Å². The van der Waals surface area contributed by atoms with Gasteiger partial charge in [0.2, 0.25) is 0 Å². The summed E-state index contributed by atoms with van der Waals surface area (Å²) in [4.78, 5) is 19.8. The molecule has 0 aliphatic rings. The molecule has 5 heteroatoms. The number of hydrogen-bond donors (Lipinski definition) is 0. The van der Waals surface area contributed by atoms with E-state index in [0.717, 1.165) is 5.69 Å². The second-order valence-corrected chi connectivity index (χ2v) is 4.73. The van der Waals surface area contributed by atoms with Gasteiger partial charge >= 0.3 is 0 Å². The van der Waals surface area contributed by atoms with E-state index >= 15 is 0 Å². The molecule has 0 unspecified atom stereocenters. The number of nitrogens with zero attached hydrogens (tertiary/aromatic N) is 2. The molecule has 0 spiro atoms. The molecular weight excluding hydrogens is 276 g/mol. The highest BCUT2D eigenvalue weighted by atomic mass is 35.5. The summed E-state index contributed by atoms with van der Waals surface area (Å²) in [6.45, 7) is 3.93. The van der Waals surface area contributed by atoms with Crippen LogP contribution < -0.4 is 4.74 Å². The average molecular weight is 291 g/mol. The van der Waals surface area contributed by atoms with Crippen LogP contribution in [-0.4, -0.2) is 15.8 Å². The van der Waals surface area contributed by atoms with Crippen LogP contribution in [0.5, 0.6) is 5.75 Å². The first-order chi connectivity index (χ1) is 9.58. The lowest BCUT2D eigenvalue weighted by Gasteiger charge is -2.07. The lowest BCUT2D eigenvalue weighted by molar-refractivity contribution is 0.0988. The fourth-order valence-electron chi connectivity index (χ4n) is 1.74. The lowest BCUT2D eigenvalue weighted by atomic mass is 10.1. The number of aryl methyl sites for hydroxylation is 1. The Bertz CT molecular complexity index is 592. The Morgan fingerprint density at radius 2 is 1.95 bits per heavy atom. The molecule has 4 nitrogen and oxygen atoms in total. The summed E-state index contributed by atoms with van der Waals surface area (Å²) >= 11 is 5.86. The van der Waals surface area contributed by atoms with E-state index in [0.29, 0.717) is 28.7 Å². The van der Waals surface area contributed by atoms with Crippen molar-refractivity contribution in [3.05, 3.63) is 52.6 Å². The molecule has 0 amide bonds. The van der Waals surface area contributed by atoms with Crippen LogP contribution in [0.4, 0.5) is 0 Å². The van der Waals surface area contributed by atoms with E-state index in [9.17, 15) is 4.79 Å². The highest BCUT2D eigenvalue weighted by Crippen LogP contribution is 2.15. The zero-order chi connectivity index (χ0) is 14.5. The molecule has 2 rings (SSSR count). The van der Waals surface area contributed by atoms with Gasteiger partial charge in [-0.1, -0.05) is 18.5 Å². The first kappa shape index (κ1) is 14.5.